The van der Waals surface area contributed by atoms with Crippen molar-refractivity contribution in [1.82, 2.24) is 35.0 Å². The van der Waals surface area contributed by atoms with Crippen LogP contribution in [0.4, 0.5) is 0 Å². The van der Waals surface area contributed by atoms with Gasteiger partial charge in [0.15, 0.2) is 0 Å². The van der Waals surface area contributed by atoms with Crippen LogP contribution in [0.25, 0.3) is 5.69 Å². The topological polar surface area (TPSA) is 116 Å². The first kappa shape index (κ1) is 20.9. The zero-order chi connectivity index (χ0) is 23.1. The van der Waals surface area contributed by atoms with Crippen LogP contribution in [-0.2, 0) is 27.3 Å². The van der Waals surface area contributed by atoms with E-state index in [1.54, 1.807) is 6.20 Å². The van der Waals surface area contributed by atoms with Gasteiger partial charge in [0, 0.05) is 37.4 Å². The summed E-state index contributed by atoms with van der Waals surface area (Å²) in [6, 6.07) is 9.64. The fourth-order valence-corrected chi connectivity index (χ4v) is 4.77. The van der Waals surface area contributed by atoms with E-state index in [0.29, 0.717) is 37.6 Å². The maximum Gasteiger partial charge on any atom is 0.338 e. The molecule has 2 fully saturated rings. The molecule has 5 heterocycles. The summed E-state index contributed by atoms with van der Waals surface area (Å²) in [6.45, 7) is 3.76. The molecule has 0 aliphatic carbocycles. The number of hydrogen-bond donors (Lipinski definition) is 0. The van der Waals surface area contributed by atoms with Gasteiger partial charge in [-0.15, -0.1) is 5.10 Å². The van der Waals surface area contributed by atoms with E-state index in [1.165, 1.54) is 11.0 Å². The Hall–Kier alpha value is -3.70. The summed E-state index contributed by atoms with van der Waals surface area (Å²) in [5, 5.41) is 11.1. The number of ether oxygens (including phenoxy) is 2. The summed E-state index contributed by atoms with van der Waals surface area (Å²) >= 11 is 0. The number of aromatic nitrogens is 5. The van der Waals surface area contributed by atoms with Crippen LogP contribution in [0.3, 0.4) is 0 Å². The van der Waals surface area contributed by atoms with Crippen molar-refractivity contribution in [3.05, 3.63) is 65.2 Å². The number of morpholine rings is 1. The molecule has 3 aliphatic rings. The Bertz CT molecular complexity index is 1210. The van der Waals surface area contributed by atoms with Crippen LogP contribution in [0.1, 0.15) is 33.3 Å². The number of tetrazole rings is 1. The van der Waals surface area contributed by atoms with Crippen LogP contribution < -0.4 is 0 Å². The number of cyclic esters (lactones) is 1. The molecular weight excluding hydrogens is 438 g/mol. The van der Waals surface area contributed by atoms with Crippen molar-refractivity contribution in [2.75, 3.05) is 32.8 Å². The van der Waals surface area contributed by atoms with Gasteiger partial charge in [-0.3, -0.25) is 14.7 Å². The Balaban J connectivity index is 1.05. The fraction of sp³-hybridized carbons (Fsp3) is 0.391. The van der Waals surface area contributed by atoms with E-state index in [1.807, 2.05) is 35.2 Å². The second kappa shape index (κ2) is 8.58. The molecule has 1 amide bonds. The Labute approximate surface area is 195 Å². The molecule has 0 spiro atoms. The van der Waals surface area contributed by atoms with Crippen LogP contribution >= 0.6 is 0 Å². The summed E-state index contributed by atoms with van der Waals surface area (Å²) in [5.41, 5.74) is 4.08. The molecule has 0 N–H and O–H groups in total. The van der Waals surface area contributed by atoms with Gasteiger partial charge in [0.2, 0.25) is 5.91 Å². The summed E-state index contributed by atoms with van der Waals surface area (Å²) in [7, 11) is 0. The lowest BCUT2D eigenvalue weighted by Gasteiger charge is -2.46. The van der Waals surface area contributed by atoms with Gasteiger partial charge in [0.25, 0.3) is 0 Å². The molecule has 2 aromatic heterocycles. The van der Waals surface area contributed by atoms with Gasteiger partial charge in [0.05, 0.1) is 42.6 Å². The number of fused-ring (bicyclic) bond motifs is 2. The predicted octanol–water partition coefficient (Wildman–Crippen LogP) is 0.555. The van der Waals surface area contributed by atoms with Gasteiger partial charge in [-0.25, -0.2) is 4.79 Å². The van der Waals surface area contributed by atoms with Gasteiger partial charge in [-0.2, -0.15) is 4.68 Å². The highest BCUT2D eigenvalue weighted by Crippen LogP contribution is 2.30. The first-order chi connectivity index (χ1) is 16.6. The molecular formula is C23H23N7O4. The number of piperazine rings is 1. The minimum atomic E-state index is -0.259. The first-order valence-electron chi connectivity index (χ1n) is 11.3. The average molecular weight is 461 g/mol. The van der Waals surface area contributed by atoms with E-state index in [2.05, 4.69) is 25.4 Å². The second-order valence-electron chi connectivity index (χ2n) is 8.74. The van der Waals surface area contributed by atoms with Crippen molar-refractivity contribution in [1.29, 1.82) is 0 Å². The number of pyridine rings is 1. The van der Waals surface area contributed by atoms with Crippen molar-refractivity contribution < 1.29 is 19.1 Å². The van der Waals surface area contributed by atoms with E-state index < -0.39 is 0 Å². The number of amides is 1. The number of hydrogen-bond acceptors (Lipinski definition) is 9. The van der Waals surface area contributed by atoms with Crippen LogP contribution in [0.2, 0.25) is 0 Å². The highest BCUT2D eigenvalue weighted by Gasteiger charge is 2.36. The average Bonchev–Trinajstić information content (AvgIpc) is 3.54. The zero-order valence-corrected chi connectivity index (χ0v) is 18.4. The molecule has 3 aromatic rings. The largest absolute Gasteiger partial charge is 0.457 e. The summed E-state index contributed by atoms with van der Waals surface area (Å²) in [4.78, 5) is 33.3. The second-order valence-corrected chi connectivity index (χ2v) is 8.74. The molecule has 0 radical (unpaired) electrons. The van der Waals surface area contributed by atoms with Gasteiger partial charge in [-0.05, 0) is 40.3 Å². The molecule has 0 bridgehead atoms. The van der Waals surface area contributed by atoms with E-state index in [4.69, 9.17) is 9.47 Å². The normalized spacial score (nSPS) is 22.2. The highest BCUT2D eigenvalue weighted by molar-refractivity contribution is 5.93. The molecule has 2 saturated heterocycles. The zero-order valence-electron chi connectivity index (χ0n) is 18.4. The van der Waals surface area contributed by atoms with Crippen molar-refractivity contribution >= 4 is 11.9 Å². The van der Waals surface area contributed by atoms with E-state index in [9.17, 15) is 9.59 Å². The lowest BCUT2D eigenvalue weighted by Crippen LogP contribution is -2.59. The van der Waals surface area contributed by atoms with E-state index in [0.717, 1.165) is 29.9 Å². The Kier molecular flexibility index (Phi) is 5.27. The Morgan fingerprint density at radius 1 is 1.15 bits per heavy atom. The molecule has 2 atom stereocenters. The molecule has 11 heteroatoms. The lowest BCUT2D eigenvalue weighted by atomic mass is 9.99. The number of carbonyl (C=O) groups is 2. The third-order valence-corrected chi connectivity index (χ3v) is 6.68. The molecule has 174 valence electrons. The molecule has 0 saturated carbocycles. The fourth-order valence-electron chi connectivity index (χ4n) is 4.77. The quantitative estimate of drug-likeness (QED) is 0.514. The van der Waals surface area contributed by atoms with Gasteiger partial charge >= 0.3 is 5.97 Å². The van der Waals surface area contributed by atoms with Gasteiger partial charge < -0.3 is 14.4 Å². The minimum absolute atomic E-state index is 0.0533. The summed E-state index contributed by atoms with van der Waals surface area (Å²) in [6.07, 6.45) is 3.36. The number of benzene rings is 1. The molecule has 0 unspecified atom stereocenters. The van der Waals surface area contributed by atoms with Crippen LogP contribution in [-0.4, -0.2) is 85.7 Å². The minimum Gasteiger partial charge on any atom is -0.457 e. The smallest absolute Gasteiger partial charge is 0.338 e. The number of nitrogens with zero attached hydrogens (tertiary/aromatic N) is 7. The maximum atomic E-state index is 12.9. The monoisotopic (exact) mass is 461 g/mol. The van der Waals surface area contributed by atoms with Crippen molar-refractivity contribution in [2.45, 2.75) is 25.2 Å². The summed E-state index contributed by atoms with van der Waals surface area (Å²) < 4.78 is 12.8. The number of carbonyl (C=O) groups excluding carboxylic acids is 2. The molecule has 1 aromatic carbocycles. The van der Waals surface area contributed by atoms with Gasteiger partial charge in [-0.1, -0.05) is 6.07 Å². The Morgan fingerprint density at radius 3 is 2.91 bits per heavy atom. The van der Waals surface area contributed by atoms with E-state index >= 15 is 0 Å². The van der Waals surface area contributed by atoms with Gasteiger partial charge in [0.1, 0.15) is 12.9 Å². The highest BCUT2D eigenvalue weighted by atomic mass is 16.5. The van der Waals surface area contributed by atoms with Crippen molar-refractivity contribution in [3.8, 4) is 5.69 Å². The number of esters is 1. The molecule has 34 heavy (non-hydrogen) atoms. The van der Waals surface area contributed by atoms with Crippen LogP contribution in [0.5, 0.6) is 0 Å². The van der Waals surface area contributed by atoms with E-state index in [-0.39, 0.29) is 30.4 Å². The van der Waals surface area contributed by atoms with Crippen LogP contribution in [0, 0.1) is 0 Å². The standard InChI is InChI=1S/C23H23N7O4/c31-22(8-17-2-3-18(9-24-17)30-14-25-26-27-30)29-6-5-28-11-21(33-13-19(28)10-29)15-1-4-20-16(7-15)12-34-23(20)32/h1-4,7,9,14,19,21H,5-6,8,10-13H2/t19-,21-/m0/s1. The SMILES string of the molecule is O=C1OCc2cc([C@@H]3CN4CCN(C(=O)Cc5ccc(-n6cnnn6)cn5)C[C@H]4CO3)ccc21. The van der Waals surface area contributed by atoms with Crippen LogP contribution in [0.15, 0.2) is 42.9 Å². The first-order valence-corrected chi connectivity index (χ1v) is 11.3. The third-order valence-electron chi connectivity index (χ3n) is 6.68. The van der Waals surface area contributed by atoms with Crippen molar-refractivity contribution in [2.24, 2.45) is 0 Å². The third kappa shape index (κ3) is 3.93. The van der Waals surface area contributed by atoms with Crippen molar-refractivity contribution in [3.63, 3.8) is 0 Å². The molecule has 6 rings (SSSR count). The summed E-state index contributed by atoms with van der Waals surface area (Å²) in [5.74, 6) is -0.196. The maximum absolute atomic E-state index is 12.9. The molecule has 11 nitrogen and oxygen atoms in total. The number of rotatable bonds is 4. The predicted molar refractivity (Wildman–Crippen MR) is 117 cm³/mol. The Morgan fingerprint density at radius 2 is 2.09 bits per heavy atom. The molecule has 3 aliphatic heterocycles. The lowest BCUT2D eigenvalue weighted by molar-refractivity contribution is -0.139.